The molecule has 1 saturated heterocycles. The van der Waals surface area contributed by atoms with Crippen molar-refractivity contribution < 1.29 is 0 Å². The van der Waals surface area contributed by atoms with Crippen molar-refractivity contribution >= 4 is 17.3 Å². The summed E-state index contributed by atoms with van der Waals surface area (Å²) in [4.78, 5) is 17.4. The first-order chi connectivity index (χ1) is 14.2. The third kappa shape index (κ3) is 4.36. The summed E-state index contributed by atoms with van der Waals surface area (Å²) in [6, 6.07) is 9.34. The van der Waals surface area contributed by atoms with Gasteiger partial charge in [0.2, 0.25) is 0 Å². The van der Waals surface area contributed by atoms with Crippen LogP contribution in [0.4, 0.5) is 5.69 Å². The van der Waals surface area contributed by atoms with Crippen molar-refractivity contribution in [3.63, 3.8) is 0 Å². The van der Waals surface area contributed by atoms with E-state index in [1.807, 2.05) is 41.2 Å². The van der Waals surface area contributed by atoms with Gasteiger partial charge in [-0.2, -0.15) is 14.9 Å². The van der Waals surface area contributed by atoms with Crippen LogP contribution in [0.5, 0.6) is 0 Å². The molecular weight excluding hydrogens is 388 g/mol. The summed E-state index contributed by atoms with van der Waals surface area (Å²) in [5, 5.41) is 8.95. The number of nitrogens with zero attached hydrogens (tertiary/aromatic N) is 6. The normalized spacial score (nSPS) is 15.4. The first-order valence-corrected chi connectivity index (χ1v) is 10.4. The summed E-state index contributed by atoms with van der Waals surface area (Å²) >= 11 is 6.48. The molecule has 0 aliphatic carbocycles. The van der Waals surface area contributed by atoms with Gasteiger partial charge in [0.1, 0.15) is 5.02 Å². The van der Waals surface area contributed by atoms with Gasteiger partial charge in [0.25, 0.3) is 5.56 Å². The molecule has 0 unspecified atom stereocenters. The molecule has 1 aliphatic rings. The molecule has 29 heavy (non-hydrogen) atoms. The molecule has 0 saturated carbocycles. The van der Waals surface area contributed by atoms with Crippen molar-refractivity contribution in [2.75, 3.05) is 31.1 Å². The van der Waals surface area contributed by atoms with Crippen molar-refractivity contribution in [1.82, 2.24) is 24.5 Å². The first-order valence-electron chi connectivity index (χ1n) is 9.97. The predicted octanol–water partition coefficient (Wildman–Crippen LogP) is 2.81. The fourth-order valence-electron chi connectivity index (χ4n) is 3.69. The van der Waals surface area contributed by atoms with Crippen LogP contribution in [0.1, 0.15) is 18.9 Å². The second-order valence-electron chi connectivity index (χ2n) is 7.22. The molecule has 2 aromatic heterocycles. The van der Waals surface area contributed by atoms with Gasteiger partial charge in [0, 0.05) is 51.0 Å². The van der Waals surface area contributed by atoms with Gasteiger partial charge in [0.05, 0.1) is 23.8 Å². The largest absolute Gasteiger partial charge is 0.368 e. The molecule has 152 valence electrons. The molecule has 7 nitrogen and oxygen atoms in total. The third-order valence-electron chi connectivity index (χ3n) is 5.25. The van der Waals surface area contributed by atoms with Crippen molar-refractivity contribution in [3.05, 3.63) is 69.9 Å². The molecule has 0 bridgehead atoms. The molecule has 8 heteroatoms. The van der Waals surface area contributed by atoms with Crippen LogP contribution in [0.3, 0.4) is 0 Å². The molecule has 1 aliphatic heterocycles. The Morgan fingerprint density at radius 2 is 1.86 bits per heavy atom. The Morgan fingerprint density at radius 1 is 1.03 bits per heavy atom. The second kappa shape index (κ2) is 8.80. The van der Waals surface area contributed by atoms with Crippen LogP contribution < -0.4 is 10.5 Å². The van der Waals surface area contributed by atoms with Crippen molar-refractivity contribution in [2.45, 2.75) is 26.4 Å². The van der Waals surface area contributed by atoms with E-state index in [9.17, 15) is 4.79 Å². The molecule has 3 aromatic rings. The fraction of sp³-hybridized carbons (Fsp3) is 0.381. The summed E-state index contributed by atoms with van der Waals surface area (Å²) in [5.74, 6) is 0. The number of hydrogen-bond donors (Lipinski definition) is 0. The molecule has 0 N–H and O–H groups in total. The predicted molar refractivity (Wildman–Crippen MR) is 115 cm³/mol. The molecule has 0 radical (unpaired) electrons. The lowest BCUT2D eigenvalue weighted by Gasteiger charge is -2.24. The monoisotopic (exact) mass is 412 g/mol. The van der Waals surface area contributed by atoms with Crippen LogP contribution in [0, 0.1) is 0 Å². The van der Waals surface area contributed by atoms with Gasteiger partial charge in [0.15, 0.2) is 0 Å². The van der Waals surface area contributed by atoms with Crippen molar-refractivity contribution in [2.24, 2.45) is 0 Å². The van der Waals surface area contributed by atoms with E-state index in [0.29, 0.717) is 11.4 Å². The summed E-state index contributed by atoms with van der Waals surface area (Å²) < 4.78 is 3.30. The van der Waals surface area contributed by atoms with Gasteiger partial charge in [-0.05, 0) is 25.5 Å². The molecular formula is C21H25ClN6O. The zero-order valence-electron chi connectivity index (χ0n) is 16.5. The standard InChI is InChI=1S/C21H25ClN6O/c1-2-27-16-17(13-23-27)15-25-9-6-10-26(12-11-25)19-14-24-28(21(29)20(19)22)18-7-4-3-5-8-18/h3-5,7-8,13-14,16H,2,6,9-12,15H2,1H3. The zero-order valence-corrected chi connectivity index (χ0v) is 17.3. The van der Waals surface area contributed by atoms with Gasteiger partial charge in [-0.3, -0.25) is 14.4 Å². The van der Waals surface area contributed by atoms with Crippen LogP contribution in [0.2, 0.25) is 5.02 Å². The van der Waals surface area contributed by atoms with Crippen LogP contribution in [0.15, 0.2) is 53.7 Å². The lowest BCUT2D eigenvalue weighted by molar-refractivity contribution is 0.285. The van der Waals surface area contributed by atoms with Crippen LogP contribution in [-0.2, 0) is 13.1 Å². The van der Waals surface area contributed by atoms with Gasteiger partial charge in [-0.1, -0.05) is 29.8 Å². The van der Waals surface area contributed by atoms with E-state index in [4.69, 9.17) is 11.6 Å². The van der Waals surface area contributed by atoms with Crippen LogP contribution in [0.25, 0.3) is 5.69 Å². The average Bonchev–Trinajstić information content (AvgIpc) is 3.08. The molecule has 3 heterocycles. The van der Waals surface area contributed by atoms with Gasteiger partial charge >= 0.3 is 0 Å². The minimum Gasteiger partial charge on any atom is -0.368 e. The van der Waals surface area contributed by atoms with E-state index in [0.717, 1.165) is 45.7 Å². The van der Waals surface area contributed by atoms with Crippen molar-refractivity contribution in [3.8, 4) is 5.69 Å². The molecule has 0 atom stereocenters. The maximum atomic E-state index is 12.8. The Morgan fingerprint density at radius 3 is 2.62 bits per heavy atom. The Balaban J connectivity index is 1.48. The Kier molecular flexibility index (Phi) is 5.97. The summed E-state index contributed by atoms with van der Waals surface area (Å²) in [6.07, 6.45) is 6.75. The van der Waals surface area contributed by atoms with Gasteiger partial charge < -0.3 is 4.90 Å². The molecule has 4 rings (SSSR count). The van der Waals surface area contributed by atoms with E-state index in [1.54, 1.807) is 6.20 Å². The molecule has 1 aromatic carbocycles. The van der Waals surface area contributed by atoms with Crippen LogP contribution in [-0.4, -0.2) is 50.6 Å². The highest BCUT2D eigenvalue weighted by Crippen LogP contribution is 2.23. The van der Waals surface area contributed by atoms with Crippen LogP contribution >= 0.6 is 11.6 Å². The quantitative estimate of drug-likeness (QED) is 0.645. The number of rotatable bonds is 5. The minimum absolute atomic E-state index is 0.224. The van der Waals surface area contributed by atoms with Crippen molar-refractivity contribution in [1.29, 1.82) is 0 Å². The second-order valence-corrected chi connectivity index (χ2v) is 7.60. The molecule has 0 spiro atoms. The first kappa shape index (κ1) is 19.7. The highest BCUT2D eigenvalue weighted by Gasteiger charge is 2.20. The summed E-state index contributed by atoms with van der Waals surface area (Å²) in [7, 11) is 0. The number of halogens is 1. The Bertz CT molecular complexity index is 1020. The van der Waals surface area contributed by atoms with E-state index < -0.39 is 0 Å². The zero-order chi connectivity index (χ0) is 20.2. The number of para-hydroxylation sites is 1. The maximum Gasteiger partial charge on any atom is 0.292 e. The molecule has 1 fully saturated rings. The highest BCUT2D eigenvalue weighted by molar-refractivity contribution is 6.33. The number of aromatic nitrogens is 4. The molecule has 0 amide bonds. The van der Waals surface area contributed by atoms with E-state index in [2.05, 4.69) is 33.1 Å². The summed E-state index contributed by atoms with van der Waals surface area (Å²) in [6.45, 7) is 7.40. The lowest BCUT2D eigenvalue weighted by Crippen LogP contribution is -2.32. The average molecular weight is 413 g/mol. The fourth-order valence-corrected chi connectivity index (χ4v) is 3.94. The van der Waals surface area contributed by atoms with E-state index >= 15 is 0 Å². The minimum atomic E-state index is -0.288. The highest BCUT2D eigenvalue weighted by atomic mass is 35.5. The SMILES string of the molecule is CCn1cc(CN2CCCN(c3cnn(-c4ccccc4)c(=O)c3Cl)CC2)cn1. The Labute approximate surface area is 175 Å². The number of hydrogen-bond acceptors (Lipinski definition) is 5. The maximum absolute atomic E-state index is 12.8. The lowest BCUT2D eigenvalue weighted by atomic mass is 10.3. The Hall–Kier alpha value is -2.64. The topological polar surface area (TPSA) is 59.2 Å². The van der Waals surface area contributed by atoms with Gasteiger partial charge in [-0.25, -0.2) is 0 Å². The summed E-state index contributed by atoms with van der Waals surface area (Å²) in [5.41, 5.74) is 2.36. The number of anilines is 1. The van der Waals surface area contributed by atoms with E-state index in [-0.39, 0.29) is 10.6 Å². The number of aryl methyl sites for hydroxylation is 1. The number of benzene rings is 1. The smallest absolute Gasteiger partial charge is 0.292 e. The van der Waals surface area contributed by atoms with E-state index in [1.165, 1.54) is 10.2 Å². The third-order valence-corrected chi connectivity index (χ3v) is 5.60. The van der Waals surface area contributed by atoms with Gasteiger partial charge in [-0.15, -0.1) is 0 Å².